The van der Waals surface area contributed by atoms with E-state index in [1.807, 2.05) is 18.2 Å². The standard InChI is InChI=1S/C21H24N2O2/c1-3-14-7-5-8-15(4-2)20(14)23-21(25)17-11-12-18-16(13-17)9-6-10-19(24)22-18/h5,7-8,11-13H,3-4,6,9-10H2,1-2H3,(H,22,24)(H,23,25). The number of hydrogen-bond donors (Lipinski definition) is 2. The van der Waals surface area contributed by atoms with Gasteiger partial charge in [0.15, 0.2) is 0 Å². The van der Waals surface area contributed by atoms with E-state index in [9.17, 15) is 9.59 Å². The molecule has 25 heavy (non-hydrogen) atoms. The fourth-order valence-electron chi connectivity index (χ4n) is 3.30. The van der Waals surface area contributed by atoms with Crippen LogP contribution in [0.15, 0.2) is 36.4 Å². The molecule has 2 amide bonds. The average molecular weight is 336 g/mol. The highest BCUT2D eigenvalue weighted by molar-refractivity contribution is 6.06. The van der Waals surface area contributed by atoms with Gasteiger partial charge in [-0.15, -0.1) is 0 Å². The fraction of sp³-hybridized carbons (Fsp3) is 0.333. The molecule has 130 valence electrons. The largest absolute Gasteiger partial charge is 0.326 e. The first-order chi connectivity index (χ1) is 12.1. The maximum Gasteiger partial charge on any atom is 0.255 e. The minimum Gasteiger partial charge on any atom is -0.326 e. The zero-order valence-corrected chi connectivity index (χ0v) is 14.8. The Kier molecular flexibility index (Phi) is 5.17. The summed E-state index contributed by atoms with van der Waals surface area (Å²) >= 11 is 0. The zero-order valence-electron chi connectivity index (χ0n) is 14.8. The second kappa shape index (κ2) is 7.51. The molecule has 0 saturated carbocycles. The lowest BCUT2D eigenvalue weighted by Gasteiger charge is -2.15. The Hall–Kier alpha value is -2.62. The number of benzene rings is 2. The Balaban J connectivity index is 1.88. The van der Waals surface area contributed by atoms with E-state index >= 15 is 0 Å². The highest BCUT2D eigenvalue weighted by Crippen LogP contribution is 2.26. The molecule has 1 aliphatic heterocycles. The van der Waals surface area contributed by atoms with Crippen LogP contribution in [0.1, 0.15) is 53.7 Å². The number of anilines is 2. The number of amides is 2. The van der Waals surface area contributed by atoms with Crippen molar-refractivity contribution in [3.05, 3.63) is 58.7 Å². The smallest absolute Gasteiger partial charge is 0.255 e. The molecule has 0 radical (unpaired) electrons. The molecule has 4 heteroatoms. The SMILES string of the molecule is CCc1cccc(CC)c1NC(=O)c1ccc2c(c1)CCCC(=O)N2. The summed E-state index contributed by atoms with van der Waals surface area (Å²) in [4.78, 5) is 24.4. The minimum atomic E-state index is -0.103. The molecular formula is C21H24N2O2. The molecule has 0 unspecified atom stereocenters. The molecule has 0 saturated heterocycles. The summed E-state index contributed by atoms with van der Waals surface area (Å²) < 4.78 is 0. The summed E-state index contributed by atoms with van der Waals surface area (Å²) in [5, 5.41) is 6.01. The van der Waals surface area contributed by atoms with E-state index in [0.717, 1.165) is 53.7 Å². The highest BCUT2D eigenvalue weighted by Gasteiger charge is 2.16. The molecule has 2 N–H and O–H groups in total. The van der Waals surface area contributed by atoms with Crippen LogP contribution in [0.4, 0.5) is 11.4 Å². The van der Waals surface area contributed by atoms with Crippen molar-refractivity contribution in [1.29, 1.82) is 0 Å². The van der Waals surface area contributed by atoms with Crippen molar-refractivity contribution in [3.63, 3.8) is 0 Å². The molecule has 0 aliphatic carbocycles. The number of nitrogens with one attached hydrogen (secondary N) is 2. The first-order valence-electron chi connectivity index (χ1n) is 8.97. The third kappa shape index (κ3) is 3.73. The first kappa shape index (κ1) is 17.2. The lowest BCUT2D eigenvalue weighted by Crippen LogP contribution is -2.15. The van der Waals surface area contributed by atoms with Gasteiger partial charge in [-0.3, -0.25) is 9.59 Å². The van der Waals surface area contributed by atoms with Gasteiger partial charge in [-0.05, 0) is 60.6 Å². The van der Waals surface area contributed by atoms with Crippen molar-refractivity contribution < 1.29 is 9.59 Å². The van der Waals surface area contributed by atoms with Gasteiger partial charge in [0.25, 0.3) is 5.91 Å². The number of fused-ring (bicyclic) bond motifs is 1. The summed E-state index contributed by atoms with van der Waals surface area (Å²) in [6.45, 7) is 4.19. The van der Waals surface area contributed by atoms with Gasteiger partial charge in [-0.1, -0.05) is 32.0 Å². The first-order valence-corrected chi connectivity index (χ1v) is 8.97. The maximum atomic E-state index is 12.8. The average Bonchev–Trinajstić information content (AvgIpc) is 2.81. The molecule has 4 nitrogen and oxygen atoms in total. The molecular weight excluding hydrogens is 312 g/mol. The lowest BCUT2D eigenvalue weighted by molar-refractivity contribution is -0.116. The molecule has 2 aromatic carbocycles. The van der Waals surface area contributed by atoms with Gasteiger partial charge in [0.05, 0.1) is 0 Å². The van der Waals surface area contributed by atoms with Crippen molar-refractivity contribution >= 4 is 23.2 Å². The summed E-state index contributed by atoms with van der Waals surface area (Å²) in [5.74, 6) is -0.0608. The van der Waals surface area contributed by atoms with E-state index in [1.165, 1.54) is 0 Å². The van der Waals surface area contributed by atoms with Crippen molar-refractivity contribution in [2.75, 3.05) is 10.6 Å². The topological polar surface area (TPSA) is 58.2 Å². The Labute approximate surface area is 148 Å². The van der Waals surface area contributed by atoms with E-state index in [1.54, 1.807) is 6.07 Å². The quantitative estimate of drug-likeness (QED) is 0.872. The Bertz CT molecular complexity index is 789. The van der Waals surface area contributed by atoms with E-state index in [4.69, 9.17) is 0 Å². The summed E-state index contributed by atoms with van der Waals surface area (Å²) in [7, 11) is 0. The molecule has 0 spiro atoms. The molecule has 0 bridgehead atoms. The van der Waals surface area contributed by atoms with Crippen LogP contribution in [0.3, 0.4) is 0 Å². The third-order valence-electron chi connectivity index (χ3n) is 4.73. The normalized spacial score (nSPS) is 13.6. The summed E-state index contributed by atoms with van der Waals surface area (Å²) in [6.07, 6.45) is 3.89. The van der Waals surface area contributed by atoms with Gasteiger partial charge in [-0.25, -0.2) is 0 Å². The Morgan fingerprint density at radius 3 is 2.48 bits per heavy atom. The van der Waals surface area contributed by atoms with E-state index in [0.29, 0.717) is 12.0 Å². The van der Waals surface area contributed by atoms with Gasteiger partial charge in [0, 0.05) is 23.4 Å². The van der Waals surface area contributed by atoms with Crippen LogP contribution in [0.5, 0.6) is 0 Å². The molecule has 1 aliphatic rings. The molecule has 0 fully saturated rings. The second-order valence-corrected chi connectivity index (χ2v) is 6.39. The van der Waals surface area contributed by atoms with Crippen LogP contribution >= 0.6 is 0 Å². The number of carbonyl (C=O) groups excluding carboxylic acids is 2. The number of carbonyl (C=O) groups is 2. The van der Waals surface area contributed by atoms with Crippen LogP contribution in [-0.4, -0.2) is 11.8 Å². The van der Waals surface area contributed by atoms with Gasteiger partial charge in [0.2, 0.25) is 5.91 Å². The molecule has 0 atom stereocenters. The zero-order chi connectivity index (χ0) is 17.8. The predicted octanol–water partition coefficient (Wildman–Crippen LogP) is 4.34. The van der Waals surface area contributed by atoms with Crippen LogP contribution < -0.4 is 10.6 Å². The van der Waals surface area contributed by atoms with Crippen LogP contribution in [-0.2, 0) is 24.1 Å². The van der Waals surface area contributed by atoms with Gasteiger partial charge >= 0.3 is 0 Å². The van der Waals surface area contributed by atoms with Crippen molar-refractivity contribution in [3.8, 4) is 0 Å². The second-order valence-electron chi connectivity index (χ2n) is 6.39. The molecule has 0 aromatic heterocycles. The van der Waals surface area contributed by atoms with Crippen molar-refractivity contribution in [1.82, 2.24) is 0 Å². The number of para-hydroxylation sites is 1. The molecule has 2 aromatic rings. The predicted molar refractivity (Wildman–Crippen MR) is 101 cm³/mol. The van der Waals surface area contributed by atoms with Crippen LogP contribution in [0.25, 0.3) is 0 Å². The van der Waals surface area contributed by atoms with E-state index < -0.39 is 0 Å². The van der Waals surface area contributed by atoms with E-state index in [-0.39, 0.29) is 11.8 Å². The van der Waals surface area contributed by atoms with Crippen molar-refractivity contribution in [2.45, 2.75) is 46.0 Å². The maximum absolute atomic E-state index is 12.8. The van der Waals surface area contributed by atoms with Crippen LogP contribution in [0.2, 0.25) is 0 Å². The van der Waals surface area contributed by atoms with Crippen LogP contribution in [0, 0.1) is 0 Å². The third-order valence-corrected chi connectivity index (χ3v) is 4.73. The van der Waals surface area contributed by atoms with E-state index in [2.05, 4.69) is 36.6 Å². The Morgan fingerprint density at radius 1 is 1.08 bits per heavy atom. The van der Waals surface area contributed by atoms with Crippen molar-refractivity contribution in [2.24, 2.45) is 0 Å². The Morgan fingerprint density at radius 2 is 1.80 bits per heavy atom. The number of hydrogen-bond acceptors (Lipinski definition) is 2. The lowest BCUT2D eigenvalue weighted by atomic mass is 10.0. The fourth-order valence-corrected chi connectivity index (χ4v) is 3.30. The molecule has 3 rings (SSSR count). The molecule has 1 heterocycles. The van der Waals surface area contributed by atoms with Gasteiger partial charge in [0.1, 0.15) is 0 Å². The summed E-state index contributed by atoms with van der Waals surface area (Å²) in [5.41, 5.74) is 5.70. The van der Waals surface area contributed by atoms with Gasteiger partial charge < -0.3 is 10.6 Å². The minimum absolute atomic E-state index is 0.0420. The number of rotatable bonds is 4. The van der Waals surface area contributed by atoms with Gasteiger partial charge in [-0.2, -0.15) is 0 Å². The number of aryl methyl sites for hydroxylation is 3. The highest BCUT2D eigenvalue weighted by atomic mass is 16.2. The summed E-state index contributed by atoms with van der Waals surface area (Å²) in [6, 6.07) is 11.7. The monoisotopic (exact) mass is 336 g/mol.